The number of carbonyl (C=O) groups excluding carboxylic acids is 3. The van der Waals surface area contributed by atoms with E-state index in [1.807, 2.05) is 17.9 Å². The maximum Gasteiger partial charge on any atom is 0.272 e. The molecule has 2 aromatic heterocycles. The van der Waals surface area contributed by atoms with E-state index in [0.29, 0.717) is 62.5 Å². The van der Waals surface area contributed by atoms with Crippen molar-refractivity contribution in [1.29, 1.82) is 0 Å². The van der Waals surface area contributed by atoms with Crippen LogP contribution in [0.1, 0.15) is 61.9 Å². The minimum atomic E-state index is -1.23. The molecule has 2 fully saturated rings. The van der Waals surface area contributed by atoms with Crippen molar-refractivity contribution in [3.8, 4) is 5.75 Å². The third kappa shape index (κ3) is 6.79. The van der Waals surface area contributed by atoms with Gasteiger partial charge in [-0.05, 0) is 62.6 Å². The Morgan fingerprint density at radius 3 is 2.39 bits per heavy atom. The fourth-order valence-electron chi connectivity index (χ4n) is 5.40. The molecule has 0 saturated carbocycles. The summed E-state index contributed by atoms with van der Waals surface area (Å²) in [6, 6.07) is 11.3. The van der Waals surface area contributed by atoms with E-state index in [4.69, 9.17) is 9.26 Å². The lowest BCUT2D eigenvalue weighted by atomic mass is 9.88. The molecular weight excluding hydrogens is 529 g/mol. The van der Waals surface area contributed by atoms with Crippen molar-refractivity contribution in [1.82, 2.24) is 25.3 Å². The zero-order valence-electron chi connectivity index (χ0n) is 23.2. The van der Waals surface area contributed by atoms with Crippen molar-refractivity contribution < 1.29 is 28.0 Å². The third-order valence-electron chi connectivity index (χ3n) is 7.78. The molecule has 3 aromatic rings. The molecule has 216 valence electrons. The lowest BCUT2D eigenvalue weighted by molar-refractivity contribution is 0.0645. The topological polar surface area (TPSA) is 118 Å². The summed E-state index contributed by atoms with van der Waals surface area (Å²) in [5.41, 5.74) is 1.88. The number of pyridine rings is 1. The van der Waals surface area contributed by atoms with Crippen LogP contribution in [0.25, 0.3) is 0 Å². The number of Topliss-reactive ketones (excluding diaryl/α,β-unsaturated/α-hetero) is 1. The molecule has 11 heteroatoms. The Labute approximate surface area is 237 Å². The number of amides is 2. The van der Waals surface area contributed by atoms with E-state index in [2.05, 4.69) is 15.5 Å². The van der Waals surface area contributed by atoms with E-state index >= 15 is 0 Å². The van der Waals surface area contributed by atoms with Crippen LogP contribution < -0.4 is 10.1 Å². The number of piperidine rings is 2. The standard InChI is InChI=1S/C30H34FN5O5/c1-19-15-23(34-41-19)17-35-12-11-26(25(31)18-35)33-29(38)22-5-8-27(32-16-22)30(39)36-13-9-21(10-14-36)28(37)20-3-6-24(40-2)7-4-20/h3-8,15-16,21,25-26H,9-14,17-18H2,1-2H3,(H,33,38)/t25-,26+/m0/s1. The molecule has 0 spiro atoms. The summed E-state index contributed by atoms with van der Waals surface area (Å²) < 4.78 is 25.1. The first-order valence-electron chi connectivity index (χ1n) is 13.8. The number of ketones is 1. The van der Waals surface area contributed by atoms with Gasteiger partial charge in [-0.1, -0.05) is 5.16 Å². The number of carbonyl (C=O) groups is 3. The maximum absolute atomic E-state index is 14.9. The third-order valence-corrected chi connectivity index (χ3v) is 7.78. The van der Waals surface area contributed by atoms with Crippen LogP contribution in [-0.2, 0) is 6.54 Å². The minimum Gasteiger partial charge on any atom is -0.497 e. The quantitative estimate of drug-likeness (QED) is 0.414. The summed E-state index contributed by atoms with van der Waals surface area (Å²) in [5, 5.41) is 6.73. The van der Waals surface area contributed by atoms with E-state index in [-0.39, 0.29) is 35.4 Å². The largest absolute Gasteiger partial charge is 0.497 e. The van der Waals surface area contributed by atoms with E-state index in [1.54, 1.807) is 36.3 Å². The summed E-state index contributed by atoms with van der Waals surface area (Å²) in [6.07, 6.45) is 1.72. The molecule has 0 unspecified atom stereocenters. The molecule has 0 bridgehead atoms. The normalized spacial score (nSPS) is 20.0. The number of rotatable bonds is 8. The predicted octanol–water partition coefficient (Wildman–Crippen LogP) is 3.46. The number of hydrogen-bond acceptors (Lipinski definition) is 8. The number of hydrogen-bond donors (Lipinski definition) is 1. The van der Waals surface area contributed by atoms with Crippen molar-refractivity contribution in [3.05, 3.63) is 76.9 Å². The molecule has 1 aromatic carbocycles. The number of halogens is 1. The van der Waals surface area contributed by atoms with Crippen molar-refractivity contribution >= 4 is 17.6 Å². The van der Waals surface area contributed by atoms with Gasteiger partial charge in [-0.15, -0.1) is 0 Å². The van der Waals surface area contributed by atoms with Crippen LogP contribution in [0.15, 0.2) is 53.2 Å². The summed E-state index contributed by atoms with van der Waals surface area (Å²) in [7, 11) is 1.58. The zero-order valence-corrected chi connectivity index (χ0v) is 23.2. The Hall–Kier alpha value is -4.12. The van der Waals surface area contributed by atoms with E-state index in [1.165, 1.54) is 18.3 Å². The second kappa shape index (κ2) is 12.6. The van der Waals surface area contributed by atoms with Gasteiger partial charge in [0.15, 0.2) is 5.78 Å². The second-order valence-corrected chi connectivity index (χ2v) is 10.6. The van der Waals surface area contributed by atoms with Crippen LogP contribution in [-0.4, -0.2) is 83.0 Å². The summed E-state index contributed by atoms with van der Waals surface area (Å²) in [6.45, 7) is 4.00. The number of aryl methyl sites for hydroxylation is 1. The summed E-state index contributed by atoms with van der Waals surface area (Å²) in [5.74, 6) is 0.652. The SMILES string of the molecule is COc1ccc(C(=O)C2CCN(C(=O)c3ccc(C(=O)N[C@@H]4CCN(Cc5cc(C)on5)C[C@@H]4F)cn3)CC2)cc1. The van der Waals surface area contributed by atoms with Crippen LogP contribution in [0, 0.1) is 12.8 Å². The number of likely N-dealkylation sites (tertiary alicyclic amines) is 2. The van der Waals surface area contributed by atoms with E-state index in [9.17, 15) is 18.8 Å². The first kappa shape index (κ1) is 28.4. The maximum atomic E-state index is 14.9. The number of nitrogens with zero attached hydrogens (tertiary/aromatic N) is 4. The van der Waals surface area contributed by atoms with Gasteiger partial charge in [0.2, 0.25) is 0 Å². The lowest BCUT2D eigenvalue weighted by Gasteiger charge is -2.34. The molecule has 0 aliphatic carbocycles. The first-order valence-corrected chi connectivity index (χ1v) is 13.8. The van der Waals surface area contributed by atoms with Crippen LogP contribution in [0.3, 0.4) is 0 Å². The van der Waals surface area contributed by atoms with Gasteiger partial charge in [0.1, 0.15) is 23.4 Å². The van der Waals surface area contributed by atoms with Crippen LogP contribution in [0.4, 0.5) is 4.39 Å². The Kier molecular flexibility index (Phi) is 8.72. The summed E-state index contributed by atoms with van der Waals surface area (Å²) in [4.78, 5) is 46.5. The van der Waals surface area contributed by atoms with Crippen molar-refractivity contribution in [2.75, 3.05) is 33.3 Å². The van der Waals surface area contributed by atoms with Crippen molar-refractivity contribution in [2.24, 2.45) is 5.92 Å². The fraction of sp³-hybridized carbons (Fsp3) is 0.433. The average molecular weight is 564 g/mol. The van der Waals surface area contributed by atoms with E-state index < -0.39 is 18.1 Å². The number of methoxy groups -OCH3 is 1. The highest BCUT2D eigenvalue weighted by molar-refractivity contribution is 5.99. The molecule has 41 heavy (non-hydrogen) atoms. The molecular formula is C30H34FN5O5. The van der Waals surface area contributed by atoms with Crippen LogP contribution in [0.2, 0.25) is 0 Å². The van der Waals surface area contributed by atoms with Gasteiger partial charge >= 0.3 is 0 Å². The molecule has 2 saturated heterocycles. The second-order valence-electron chi connectivity index (χ2n) is 10.6. The molecule has 4 heterocycles. The number of nitrogens with one attached hydrogen (secondary N) is 1. The molecule has 2 atom stereocenters. The molecule has 0 radical (unpaired) electrons. The average Bonchev–Trinajstić information content (AvgIpc) is 3.42. The van der Waals surface area contributed by atoms with Gasteiger partial charge in [-0.2, -0.15) is 0 Å². The van der Waals surface area contributed by atoms with Crippen LogP contribution >= 0.6 is 0 Å². The molecule has 2 aliphatic rings. The highest BCUT2D eigenvalue weighted by atomic mass is 19.1. The van der Waals surface area contributed by atoms with Gasteiger partial charge in [0, 0.05) is 56.5 Å². The molecule has 10 nitrogen and oxygen atoms in total. The van der Waals surface area contributed by atoms with Gasteiger partial charge in [-0.3, -0.25) is 24.3 Å². The lowest BCUT2D eigenvalue weighted by Crippen LogP contribution is -2.52. The van der Waals surface area contributed by atoms with Crippen molar-refractivity contribution in [3.63, 3.8) is 0 Å². The Bertz CT molecular complexity index is 1370. The number of aromatic nitrogens is 2. The monoisotopic (exact) mass is 563 g/mol. The first-order chi connectivity index (χ1) is 19.8. The van der Waals surface area contributed by atoms with Gasteiger partial charge in [0.05, 0.1) is 24.4 Å². The van der Waals surface area contributed by atoms with Gasteiger partial charge < -0.3 is 19.5 Å². The van der Waals surface area contributed by atoms with Gasteiger partial charge in [-0.25, -0.2) is 4.39 Å². The van der Waals surface area contributed by atoms with Crippen LogP contribution in [0.5, 0.6) is 5.75 Å². The molecule has 5 rings (SSSR count). The minimum absolute atomic E-state index is 0.0690. The number of alkyl halides is 1. The number of ether oxygens (including phenoxy) is 1. The Morgan fingerprint density at radius 2 is 1.78 bits per heavy atom. The molecule has 2 aliphatic heterocycles. The van der Waals surface area contributed by atoms with Crippen molar-refractivity contribution in [2.45, 2.75) is 44.9 Å². The Balaban J connectivity index is 1.09. The highest BCUT2D eigenvalue weighted by Crippen LogP contribution is 2.24. The molecule has 2 amide bonds. The Morgan fingerprint density at radius 1 is 1.05 bits per heavy atom. The fourth-order valence-corrected chi connectivity index (χ4v) is 5.40. The smallest absolute Gasteiger partial charge is 0.272 e. The summed E-state index contributed by atoms with van der Waals surface area (Å²) >= 11 is 0. The molecule has 1 N–H and O–H groups in total. The zero-order chi connectivity index (χ0) is 28.9. The predicted molar refractivity (Wildman–Crippen MR) is 147 cm³/mol. The van der Waals surface area contributed by atoms with E-state index in [0.717, 1.165) is 5.69 Å². The van der Waals surface area contributed by atoms with Gasteiger partial charge in [0.25, 0.3) is 11.8 Å². The number of benzene rings is 1. The highest BCUT2D eigenvalue weighted by Gasteiger charge is 2.32.